The average Bonchev–Trinajstić information content (AvgIpc) is 3.17. The topological polar surface area (TPSA) is 202 Å². The largest absolute Gasteiger partial charge is 0.506 e. The summed E-state index contributed by atoms with van der Waals surface area (Å²) in [6.07, 6.45) is 0.477. The van der Waals surface area contributed by atoms with E-state index < -0.39 is 17.7 Å². The number of phenolic OH excluding ortho intramolecular Hbond substituents is 1. The monoisotopic (exact) mass is 720 g/mol. The van der Waals surface area contributed by atoms with Crippen LogP contribution in [0, 0.1) is 0 Å². The molecule has 13 nitrogen and oxygen atoms in total. The third kappa shape index (κ3) is 8.39. The minimum absolute atomic E-state index is 0.0792. The Morgan fingerprint density at radius 3 is 2.45 bits per heavy atom. The number of aliphatic hydroxyl groups excluding tert-OH is 1. The van der Waals surface area contributed by atoms with Crippen molar-refractivity contribution in [2.75, 3.05) is 26.2 Å². The van der Waals surface area contributed by atoms with Crippen molar-refractivity contribution in [3.63, 3.8) is 0 Å². The number of carbonyl (C=O) groups is 3. The van der Waals surface area contributed by atoms with E-state index in [4.69, 9.17) is 4.74 Å². The third-order valence-electron chi connectivity index (χ3n) is 9.37. The highest BCUT2D eigenvalue weighted by atomic mass is 16.5. The second kappa shape index (κ2) is 16.1. The van der Waals surface area contributed by atoms with Gasteiger partial charge in [0.2, 0.25) is 11.2 Å². The molecule has 1 aliphatic rings. The van der Waals surface area contributed by atoms with Crippen LogP contribution in [0.2, 0.25) is 0 Å². The fourth-order valence-electron chi connectivity index (χ4n) is 6.52. The number of carboxylic acid groups (broad SMARTS) is 1. The molecule has 0 spiro atoms. The first-order valence-electron chi connectivity index (χ1n) is 17.2. The van der Waals surface area contributed by atoms with Crippen LogP contribution in [-0.4, -0.2) is 80.4 Å². The van der Waals surface area contributed by atoms with Gasteiger partial charge in [0, 0.05) is 54.8 Å². The molecule has 1 aliphatic heterocycles. The Morgan fingerprint density at radius 1 is 0.943 bits per heavy atom. The zero-order chi connectivity index (χ0) is 37.5. The van der Waals surface area contributed by atoms with Gasteiger partial charge in [-0.1, -0.05) is 60.7 Å². The summed E-state index contributed by atoms with van der Waals surface area (Å²) in [5, 5.41) is 48.7. The number of rotatable bonds is 13. The van der Waals surface area contributed by atoms with E-state index in [9.17, 15) is 39.6 Å². The molecule has 2 amide bonds. The Balaban J connectivity index is 0.981. The van der Waals surface area contributed by atoms with E-state index in [1.54, 1.807) is 59.5 Å². The van der Waals surface area contributed by atoms with Gasteiger partial charge in [0.05, 0.1) is 11.6 Å². The number of aromatic nitrogens is 1. The maximum absolute atomic E-state index is 13.1. The van der Waals surface area contributed by atoms with Crippen LogP contribution in [0.25, 0.3) is 10.9 Å². The van der Waals surface area contributed by atoms with Crippen LogP contribution in [0.15, 0.2) is 108 Å². The van der Waals surface area contributed by atoms with E-state index in [1.807, 2.05) is 12.1 Å². The fourth-order valence-corrected chi connectivity index (χ4v) is 6.52. The van der Waals surface area contributed by atoms with Gasteiger partial charge in [-0.05, 0) is 65.9 Å². The van der Waals surface area contributed by atoms with Gasteiger partial charge in [-0.3, -0.25) is 14.4 Å². The lowest BCUT2D eigenvalue weighted by molar-refractivity contribution is -0.155. The summed E-state index contributed by atoms with van der Waals surface area (Å²) >= 11 is 0. The number of H-pyrrole nitrogens is 1. The van der Waals surface area contributed by atoms with Gasteiger partial charge >= 0.3 is 5.97 Å². The molecular formula is C40H40N4O9. The molecule has 0 saturated carbocycles. The number of benzene rings is 4. The van der Waals surface area contributed by atoms with Gasteiger partial charge in [0.15, 0.2) is 6.61 Å². The van der Waals surface area contributed by atoms with Gasteiger partial charge in [0.1, 0.15) is 11.5 Å². The lowest BCUT2D eigenvalue weighted by Gasteiger charge is -2.33. The number of aromatic hydroxyl groups is 1. The molecule has 0 radical (unpaired) electrons. The third-order valence-corrected chi connectivity index (χ3v) is 9.37. The standard InChI is InChI=1S/C40H40N4O9/c45-33-17-15-31(32-16-18-35(47)43-37(32)33)34(46)22-41-21-25-11-13-26(14-12-25)38(49)42-29-9-5-19-44(23-29)36(48)24-53-30-10-4-8-28(20-30)40(52,39(50)51)27-6-2-1-3-7-27/h1-4,6-8,10-18,20,29,34,41,45-46,52H,5,9,19,21-24H2,(H,42,49)(H,43,47)(H,50,51)/t29-,34-,40-/m0/s1. The Morgan fingerprint density at radius 2 is 1.70 bits per heavy atom. The van der Waals surface area contributed by atoms with Crippen molar-refractivity contribution in [3.8, 4) is 11.5 Å². The first kappa shape index (κ1) is 36.8. The Bertz CT molecular complexity index is 2160. The van der Waals surface area contributed by atoms with E-state index in [1.165, 1.54) is 36.4 Å². The number of aromatic amines is 1. The molecule has 0 aliphatic carbocycles. The van der Waals surface area contributed by atoms with E-state index >= 15 is 0 Å². The molecule has 6 rings (SSSR count). The lowest BCUT2D eigenvalue weighted by Crippen LogP contribution is -2.50. The first-order chi connectivity index (χ1) is 25.5. The molecular weight excluding hydrogens is 680 g/mol. The summed E-state index contributed by atoms with van der Waals surface area (Å²) in [4.78, 5) is 54.3. The van der Waals surface area contributed by atoms with Crippen LogP contribution in [0.3, 0.4) is 0 Å². The van der Waals surface area contributed by atoms with Crippen LogP contribution < -0.4 is 20.9 Å². The lowest BCUT2D eigenvalue weighted by atomic mass is 9.86. The molecule has 2 heterocycles. The normalized spacial score (nSPS) is 16.0. The number of nitrogens with one attached hydrogen (secondary N) is 3. The molecule has 0 bridgehead atoms. The van der Waals surface area contributed by atoms with Crippen molar-refractivity contribution in [1.82, 2.24) is 20.5 Å². The predicted octanol–water partition coefficient (Wildman–Crippen LogP) is 3.18. The number of aliphatic carboxylic acids is 1. The summed E-state index contributed by atoms with van der Waals surface area (Å²) in [6.45, 7) is 1.13. The van der Waals surface area contributed by atoms with E-state index in [0.717, 1.165) is 5.56 Å². The van der Waals surface area contributed by atoms with Crippen molar-refractivity contribution in [1.29, 1.82) is 0 Å². The zero-order valence-corrected chi connectivity index (χ0v) is 28.7. The number of hydrogen-bond acceptors (Lipinski definition) is 9. The first-order valence-corrected chi connectivity index (χ1v) is 17.2. The highest BCUT2D eigenvalue weighted by Crippen LogP contribution is 2.32. The number of amides is 2. The number of nitrogens with zero attached hydrogens (tertiary/aromatic N) is 1. The number of likely N-dealkylation sites (tertiary alicyclic amines) is 1. The highest BCUT2D eigenvalue weighted by Gasteiger charge is 2.40. The number of carboxylic acids is 1. The van der Waals surface area contributed by atoms with Crippen molar-refractivity contribution < 1.29 is 39.5 Å². The fraction of sp³-hybridized carbons (Fsp3) is 0.250. The quantitative estimate of drug-likeness (QED) is 0.0948. The number of fused-ring (bicyclic) bond motifs is 1. The van der Waals surface area contributed by atoms with Crippen molar-refractivity contribution in [3.05, 3.63) is 141 Å². The molecule has 1 aromatic heterocycles. The summed E-state index contributed by atoms with van der Waals surface area (Å²) < 4.78 is 5.74. The number of aliphatic hydroxyl groups is 2. The van der Waals surface area contributed by atoms with Gasteiger partial charge in [-0.25, -0.2) is 4.79 Å². The number of ether oxygens (including phenoxy) is 1. The molecule has 0 unspecified atom stereocenters. The van der Waals surface area contributed by atoms with Crippen LogP contribution in [0.1, 0.15) is 51.6 Å². The number of phenols is 1. The number of pyridine rings is 1. The summed E-state index contributed by atoms with van der Waals surface area (Å²) in [5.74, 6) is -1.85. The van der Waals surface area contributed by atoms with Gasteiger partial charge < -0.3 is 45.7 Å². The maximum atomic E-state index is 13.1. The highest BCUT2D eigenvalue weighted by molar-refractivity contribution is 5.94. The molecule has 1 fully saturated rings. The molecule has 13 heteroatoms. The van der Waals surface area contributed by atoms with Crippen LogP contribution in [0.4, 0.5) is 0 Å². The Kier molecular flexibility index (Phi) is 11.2. The molecule has 1 saturated heterocycles. The molecule has 5 aromatic rings. The Labute approximate surface area is 304 Å². The van der Waals surface area contributed by atoms with Gasteiger partial charge in [-0.2, -0.15) is 0 Å². The summed E-state index contributed by atoms with van der Waals surface area (Å²) in [5.41, 5.74) is -0.211. The van der Waals surface area contributed by atoms with Gasteiger partial charge in [-0.15, -0.1) is 0 Å². The molecule has 3 atom stereocenters. The minimum Gasteiger partial charge on any atom is -0.506 e. The smallest absolute Gasteiger partial charge is 0.345 e. The molecule has 274 valence electrons. The second-order valence-electron chi connectivity index (χ2n) is 13.0. The SMILES string of the molecule is O=C(N[C@H]1CCCN(C(=O)COc2cccc([C@](O)(C(=O)O)c3ccccc3)c2)C1)c1ccc(CNC[C@H](O)c2ccc(O)c3[nH]c(=O)ccc23)cc1. The predicted molar refractivity (Wildman–Crippen MR) is 195 cm³/mol. The molecule has 4 aromatic carbocycles. The summed E-state index contributed by atoms with van der Waals surface area (Å²) in [6, 6.07) is 26.8. The molecule has 7 N–H and O–H groups in total. The number of hydrogen-bond donors (Lipinski definition) is 7. The van der Waals surface area contributed by atoms with Gasteiger partial charge in [0.25, 0.3) is 11.8 Å². The number of carbonyl (C=O) groups excluding carboxylic acids is 2. The average molecular weight is 721 g/mol. The Hall–Kier alpha value is -6.02. The number of piperidine rings is 1. The minimum atomic E-state index is -2.31. The second-order valence-corrected chi connectivity index (χ2v) is 13.0. The summed E-state index contributed by atoms with van der Waals surface area (Å²) in [7, 11) is 0. The maximum Gasteiger partial charge on any atom is 0.345 e. The zero-order valence-electron chi connectivity index (χ0n) is 28.7. The van der Waals surface area contributed by atoms with E-state index in [-0.39, 0.29) is 64.7 Å². The van der Waals surface area contributed by atoms with Crippen LogP contribution in [0.5, 0.6) is 11.5 Å². The van der Waals surface area contributed by atoms with Crippen molar-refractivity contribution in [2.45, 2.75) is 37.1 Å². The molecule has 53 heavy (non-hydrogen) atoms. The van der Waals surface area contributed by atoms with Crippen molar-refractivity contribution in [2.24, 2.45) is 0 Å². The van der Waals surface area contributed by atoms with Crippen LogP contribution in [-0.2, 0) is 21.7 Å². The van der Waals surface area contributed by atoms with E-state index in [2.05, 4.69) is 15.6 Å². The van der Waals surface area contributed by atoms with Crippen molar-refractivity contribution >= 4 is 28.7 Å². The van der Waals surface area contributed by atoms with Crippen LogP contribution >= 0.6 is 0 Å². The van der Waals surface area contributed by atoms with E-state index in [0.29, 0.717) is 49.0 Å².